The highest BCUT2D eigenvalue weighted by Gasteiger charge is 2.55. The molecule has 3 aliphatic rings. The van der Waals surface area contributed by atoms with Crippen LogP contribution in [0.4, 0.5) is 4.79 Å². The second-order valence-electron chi connectivity index (χ2n) is 6.61. The Morgan fingerprint density at radius 3 is 2.85 bits per heavy atom. The molecule has 5 rings (SSSR count). The number of amides is 1. The van der Waals surface area contributed by atoms with Crippen molar-refractivity contribution in [1.29, 1.82) is 0 Å². The van der Waals surface area contributed by atoms with Gasteiger partial charge >= 0.3 is 0 Å². The van der Waals surface area contributed by atoms with Gasteiger partial charge in [-0.25, -0.2) is 5.01 Å². The first kappa shape index (κ1) is 16.9. The zero-order valence-corrected chi connectivity index (χ0v) is 16.8. The van der Waals surface area contributed by atoms with E-state index in [1.165, 1.54) is 11.8 Å². The Kier molecular flexibility index (Phi) is 3.87. The number of carbonyl (C=O) groups excluding carboxylic acids is 1. The molecule has 27 heavy (non-hydrogen) atoms. The third-order valence-corrected chi connectivity index (χ3v) is 6.40. The average molecular weight is 446 g/mol. The van der Waals surface area contributed by atoms with Crippen molar-refractivity contribution >= 4 is 38.6 Å². The molecule has 3 heterocycles. The Hall–Kier alpha value is -2.19. The summed E-state index contributed by atoms with van der Waals surface area (Å²) < 4.78 is 12.5. The summed E-state index contributed by atoms with van der Waals surface area (Å²) in [6, 6.07) is 13.8. The van der Waals surface area contributed by atoms with E-state index in [4.69, 9.17) is 14.6 Å². The van der Waals surface area contributed by atoms with Crippen molar-refractivity contribution in [2.45, 2.75) is 18.3 Å². The van der Waals surface area contributed by atoms with Crippen LogP contribution in [0.3, 0.4) is 0 Å². The molecule has 0 aliphatic carbocycles. The van der Waals surface area contributed by atoms with Gasteiger partial charge in [0.2, 0.25) is 0 Å². The third kappa shape index (κ3) is 2.70. The molecular formula is C19H16BrN3O3S. The number of hydrogen-bond acceptors (Lipinski definition) is 6. The van der Waals surface area contributed by atoms with Crippen LogP contribution in [0.25, 0.3) is 0 Å². The van der Waals surface area contributed by atoms with E-state index in [1.54, 1.807) is 7.11 Å². The van der Waals surface area contributed by atoms with Crippen molar-refractivity contribution in [3.05, 3.63) is 58.1 Å². The highest BCUT2D eigenvalue weighted by atomic mass is 79.9. The topological polar surface area (TPSA) is 63.2 Å². The Morgan fingerprint density at radius 2 is 2.15 bits per heavy atom. The van der Waals surface area contributed by atoms with E-state index in [0.29, 0.717) is 5.75 Å². The smallest absolute Gasteiger partial charge is 0.289 e. The molecule has 2 atom stereocenters. The summed E-state index contributed by atoms with van der Waals surface area (Å²) in [4.78, 5) is 12.0. The van der Waals surface area contributed by atoms with E-state index < -0.39 is 5.85 Å². The van der Waals surface area contributed by atoms with Gasteiger partial charge in [0.05, 0.1) is 24.6 Å². The lowest BCUT2D eigenvalue weighted by molar-refractivity contribution is -0.111. The maximum absolute atomic E-state index is 12.0. The van der Waals surface area contributed by atoms with Gasteiger partial charge in [-0.1, -0.05) is 27.7 Å². The first-order valence-corrected chi connectivity index (χ1v) is 10.3. The van der Waals surface area contributed by atoms with Crippen LogP contribution in [0.2, 0.25) is 0 Å². The Labute approximate surface area is 169 Å². The molecule has 8 heteroatoms. The van der Waals surface area contributed by atoms with Gasteiger partial charge in [-0.05, 0) is 48.0 Å². The molecule has 2 unspecified atom stereocenters. The lowest BCUT2D eigenvalue weighted by atomic mass is 9.96. The van der Waals surface area contributed by atoms with Crippen LogP contribution in [-0.4, -0.2) is 34.7 Å². The predicted molar refractivity (Wildman–Crippen MR) is 107 cm³/mol. The summed E-state index contributed by atoms with van der Waals surface area (Å²) in [5.41, 5.74) is 3.06. The van der Waals surface area contributed by atoms with Crippen molar-refractivity contribution in [3.63, 3.8) is 0 Å². The molecule has 2 aromatic carbocycles. The van der Waals surface area contributed by atoms with Crippen LogP contribution in [0, 0.1) is 0 Å². The molecule has 0 aromatic heterocycles. The molecule has 2 aromatic rings. The number of ether oxygens (including phenoxy) is 2. The number of nitrogens with zero attached hydrogens (tertiary/aromatic N) is 2. The first-order chi connectivity index (χ1) is 13.1. The van der Waals surface area contributed by atoms with Crippen molar-refractivity contribution in [2.24, 2.45) is 5.10 Å². The molecule has 1 spiro atoms. The second kappa shape index (κ2) is 6.17. The van der Waals surface area contributed by atoms with Crippen LogP contribution < -0.4 is 14.8 Å². The van der Waals surface area contributed by atoms with Crippen LogP contribution in [0.1, 0.15) is 23.6 Å². The number of fused-ring (bicyclic) bond motifs is 4. The van der Waals surface area contributed by atoms with Gasteiger partial charge in [0, 0.05) is 16.5 Å². The fourth-order valence-corrected chi connectivity index (χ4v) is 4.92. The molecule has 0 radical (unpaired) electrons. The van der Waals surface area contributed by atoms with Gasteiger partial charge < -0.3 is 9.47 Å². The predicted octanol–water partition coefficient (Wildman–Crippen LogP) is 4.11. The van der Waals surface area contributed by atoms with Crippen molar-refractivity contribution in [2.75, 3.05) is 12.9 Å². The standard InChI is InChI=1S/C19H16BrN3O3S/c1-25-13-5-2-11(3-6-13)15-9-16-14-8-12(20)4-7-17(14)26-19(23(16)22-15)10-27-18(24)21-19/h2-8,16H,9-10H2,1H3,(H,21,24). The lowest BCUT2D eigenvalue weighted by Gasteiger charge is -2.44. The van der Waals surface area contributed by atoms with Crippen LogP contribution in [-0.2, 0) is 0 Å². The first-order valence-electron chi connectivity index (χ1n) is 8.53. The zero-order chi connectivity index (χ0) is 18.6. The fourth-order valence-electron chi connectivity index (χ4n) is 3.72. The minimum absolute atomic E-state index is 0.00218. The number of hydrogen-bond donors (Lipinski definition) is 1. The number of hydrazone groups is 1. The number of methoxy groups -OCH3 is 1. The molecule has 1 N–H and O–H groups in total. The SMILES string of the molecule is COc1ccc(C2=NN3C(C2)c2cc(Br)ccc2OC32CSC(=O)N2)cc1. The van der Waals surface area contributed by atoms with E-state index in [2.05, 4.69) is 27.3 Å². The Balaban J connectivity index is 1.58. The highest BCUT2D eigenvalue weighted by molar-refractivity contribution is 9.10. The molecule has 1 saturated heterocycles. The maximum atomic E-state index is 12.0. The van der Waals surface area contributed by atoms with Gasteiger partial charge in [0.15, 0.2) is 0 Å². The minimum Gasteiger partial charge on any atom is -0.497 e. The van der Waals surface area contributed by atoms with Crippen LogP contribution in [0.5, 0.6) is 11.5 Å². The van der Waals surface area contributed by atoms with Crippen molar-refractivity contribution in [3.8, 4) is 11.5 Å². The third-order valence-electron chi connectivity index (χ3n) is 5.01. The van der Waals surface area contributed by atoms with Gasteiger partial charge in [-0.3, -0.25) is 10.1 Å². The van der Waals surface area contributed by atoms with E-state index in [-0.39, 0.29) is 11.3 Å². The zero-order valence-electron chi connectivity index (χ0n) is 14.4. The van der Waals surface area contributed by atoms with E-state index in [9.17, 15) is 4.79 Å². The summed E-state index contributed by atoms with van der Waals surface area (Å²) in [6.45, 7) is 0. The van der Waals surface area contributed by atoms with Crippen LogP contribution >= 0.6 is 27.7 Å². The quantitative estimate of drug-likeness (QED) is 0.753. The monoisotopic (exact) mass is 445 g/mol. The second-order valence-corrected chi connectivity index (χ2v) is 8.47. The molecular weight excluding hydrogens is 430 g/mol. The summed E-state index contributed by atoms with van der Waals surface area (Å²) in [6.07, 6.45) is 0.738. The fraction of sp³-hybridized carbons (Fsp3) is 0.263. The van der Waals surface area contributed by atoms with Gasteiger partial charge in [-0.2, -0.15) is 5.10 Å². The number of halogens is 1. The van der Waals surface area contributed by atoms with E-state index >= 15 is 0 Å². The number of carbonyl (C=O) groups is 1. The Bertz CT molecular complexity index is 965. The Morgan fingerprint density at radius 1 is 1.33 bits per heavy atom. The molecule has 1 fully saturated rings. The number of rotatable bonds is 2. The number of benzene rings is 2. The molecule has 138 valence electrons. The maximum Gasteiger partial charge on any atom is 0.289 e. The van der Waals surface area contributed by atoms with Gasteiger partial charge in [-0.15, -0.1) is 0 Å². The van der Waals surface area contributed by atoms with Gasteiger partial charge in [0.1, 0.15) is 11.5 Å². The van der Waals surface area contributed by atoms with E-state index in [0.717, 1.165) is 39.2 Å². The molecule has 0 saturated carbocycles. The molecule has 1 amide bonds. The normalized spacial score (nSPS) is 25.6. The summed E-state index contributed by atoms with van der Waals surface area (Å²) in [5, 5.41) is 9.67. The summed E-state index contributed by atoms with van der Waals surface area (Å²) >= 11 is 4.77. The van der Waals surface area contributed by atoms with Crippen molar-refractivity contribution < 1.29 is 14.3 Å². The summed E-state index contributed by atoms with van der Waals surface area (Å²) in [5.74, 6) is 1.13. The van der Waals surface area contributed by atoms with E-state index in [1.807, 2.05) is 41.4 Å². The average Bonchev–Trinajstić information content (AvgIpc) is 3.28. The number of thioether (sulfide) groups is 1. The molecule has 6 nitrogen and oxygen atoms in total. The minimum atomic E-state index is -0.943. The largest absolute Gasteiger partial charge is 0.497 e. The molecule has 0 bridgehead atoms. The number of nitrogens with one attached hydrogen (secondary N) is 1. The van der Waals surface area contributed by atoms with Crippen molar-refractivity contribution in [1.82, 2.24) is 10.3 Å². The molecule has 3 aliphatic heterocycles. The van der Waals surface area contributed by atoms with Crippen LogP contribution in [0.15, 0.2) is 52.0 Å². The summed E-state index contributed by atoms with van der Waals surface area (Å²) in [7, 11) is 1.65. The lowest BCUT2D eigenvalue weighted by Crippen LogP contribution is -2.62. The highest BCUT2D eigenvalue weighted by Crippen LogP contribution is 2.49. The van der Waals surface area contributed by atoms with Gasteiger partial charge in [0.25, 0.3) is 11.1 Å².